The molecule has 0 spiro atoms. The molecule has 34 heavy (non-hydrogen) atoms. The quantitative estimate of drug-likeness (QED) is 0.224. The lowest BCUT2D eigenvalue weighted by Crippen LogP contribution is -2.23. The molecule has 0 aliphatic rings. The van der Waals surface area contributed by atoms with Gasteiger partial charge < -0.3 is 19.5 Å². The molecule has 0 aliphatic carbocycles. The Morgan fingerprint density at radius 3 is 2.50 bits per heavy atom. The molecule has 172 valence electrons. The highest BCUT2D eigenvalue weighted by Crippen LogP contribution is 2.29. The second-order valence-corrected chi connectivity index (χ2v) is 7.33. The van der Waals surface area contributed by atoms with E-state index in [1.54, 1.807) is 18.2 Å². The number of nitrogens with zero attached hydrogens (tertiary/aromatic N) is 1. The molecule has 3 rings (SSSR count). The molecule has 0 radical (unpaired) electrons. The summed E-state index contributed by atoms with van der Waals surface area (Å²) in [4.78, 5) is 24.6. The van der Waals surface area contributed by atoms with Crippen LogP contribution in [0.3, 0.4) is 0 Å². The van der Waals surface area contributed by atoms with Gasteiger partial charge in [0.15, 0.2) is 18.1 Å². The summed E-state index contributed by atoms with van der Waals surface area (Å²) in [7, 11) is 1.43. The van der Waals surface area contributed by atoms with Crippen LogP contribution >= 0.6 is 0 Å². The molecule has 0 bridgehead atoms. The van der Waals surface area contributed by atoms with E-state index in [4.69, 9.17) is 14.2 Å². The fraction of sp³-hybridized carbons (Fsp3) is 0.148. The molecule has 0 heterocycles. The number of nitriles is 1. The first kappa shape index (κ1) is 24.1. The van der Waals surface area contributed by atoms with E-state index < -0.39 is 11.9 Å². The third-order valence-corrected chi connectivity index (χ3v) is 4.73. The second kappa shape index (κ2) is 11.9. The summed E-state index contributed by atoms with van der Waals surface area (Å²) in [5.74, 6) is -0.0432. The van der Waals surface area contributed by atoms with E-state index in [1.807, 2.05) is 61.5 Å². The normalized spacial score (nSPS) is 10.7. The second-order valence-electron chi connectivity index (χ2n) is 7.33. The summed E-state index contributed by atoms with van der Waals surface area (Å²) >= 11 is 0. The lowest BCUT2D eigenvalue weighted by molar-refractivity contribution is -0.136. The molecule has 1 N–H and O–H groups in total. The van der Waals surface area contributed by atoms with Crippen molar-refractivity contribution in [3.05, 3.63) is 95.1 Å². The zero-order chi connectivity index (χ0) is 24.3. The van der Waals surface area contributed by atoms with Gasteiger partial charge in [0.25, 0.3) is 5.91 Å². The largest absolute Gasteiger partial charge is 0.493 e. The van der Waals surface area contributed by atoms with Gasteiger partial charge in [-0.25, -0.2) is 4.79 Å². The summed E-state index contributed by atoms with van der Waals surface area (Å²) < 4.78 is 16.1. The molecule has 3 aromatic rings. The summed E-state index contributed by atoms with van der Waals surface area (Å²) in [6.07, 6.45) is 1.44. The highest BCUT2D eigenvalue weighted by molar-refractivity contribution is 6.01. The summed E-state index contributed by atoms with van der Waals surface area (Å²) in [6.45, 7) is 1.96. The minimum atomic E-state index is -0.596. The van der Waals surface area contributed by atoms with Crippen LogP contribution < -0.4 is 19.5 Å². The Morgan fingerprint density at radius 2 is 1.79 bits per heavy atom. The summed E-state index contributed by atoms with van der Waals surface area (Å²) in [6, 6.07) is 23.4. The van der Waals surface area contributed by atoms with Crippen molar-refractivity contribution in [1.29, 1.82) is 5.26 Å². The molecular formula is C27H24N2O5. The van der Waals surface area contributed by atoms with E-state index in [2.05, 4.69) is 5.32 Å². The van der Waals surface area contributed by atoms with Gasteiger partial charge in [0.2, 0.25) is 0 Å². The zero-order valence-electron chi connectivity index (χ0n) is 18.9. The van der Waals surface area contributed by atoms with Crippen LogP contribution in [0.4, 0.5) is 0 Å². The number of carbonyl (C=O) groups excluding carboxylic acids is 2. The fourth-order valence-corrected chi connectivity index (χ4v) is 3.05. The van der Waals surface area contributed by atoms with Crippen molar-refractivity contribution in [1.82, 2.24) is 5.32 Å². The third-order valence-electron chi connectivity index (χ3n) is 4.73. The molecule has 0 aliphatic heterocycles. The summed E-state index contributed by atoms with van der Waals surface area (Å²) in [5, 5.41) is 12.2. The van der Waals surface area contributed by atoms with Gasteiger partial charge in [-0.15, -0.1) is 0 Å². The van der Waals surface area contributed by atoms with Crippen molar-refractivity contribution in [2.45, 2.75) is 13.5 Å². The Labute approximate surface area is 198 Å². The number of ether oxygens (including phenoxy) is 3. The summed E-state index contributed by atoms with van der Waals surface area (Å²) in [5.41, 5.74) is 2.42. The Kier molecular flexibility index (Phi) is 8.42. The average Bonchev–Trinajstić information content (AvgIpc) is 2.86. The van der Waals surface area contributed by atoms with Gasteiger partial charge in [-0.05, 0) is 54.0 Å². The molecule has 0 fully saturated rings. The van der Waals surface area contributed by atoms with E-state index in [0.717, 1.165) is 11.1 Å². The van der Waals surface area contributed by atoms with Crippen LogP contribution in [0.25, 0.3) is 6.08 Å². The van der Waals surface area contributed by atoms with E-state index in [9.17, 15) is 14.9 Å². The highest BCUT2D eigenvalue weighted by atomic mass is 16.6. The number of esters is 1. The minimum Gasteiger partial charge on any atom is -0.493 e. The number of hydrogen-bond acceptors (Lipinski definition) is 6. The van der Waals surface area contributed by atoms with Crippen LogP contribution in [-0.4, -0.2) is 25.6 Å². The van der Waals surface area contributed by atoms with E-state index in [1.165, 1.54) is 19.3 Å². The standard InChI is InChI=1S/C27H24N2O5/c1-19-7-6-10-23(13-19)33-18-26(30)34-24-12-11-21(15-25(24)32-2)14-22(16-28)27(31)29-17-20-8-4-3-5-9-20/h3-15H,17-18H2,1-2H3,(H,29,31)/b22-14+. The SMILES string of the molecule is COc1cc(/C=C(\C#N)C(=O)NCc2ccccc2)ccc1OC(=O)COc1cccc(C)c1. The molecule has 0 atom stereocenters. The maximum Gasteiger partial charge on any atom is 0.349 e. The van der Waals surface area contributed by atoms with Crippen LogP contribution in [0.1, 0.15) is 16.7 Å². The van der Waals surface area contributed by atoms with Crippen LogP contribution in [0.15, 0.2) is 78.4 Å². The molecule has 7 nitrogen and oxygen atoms in total. The number of methoxy groups -OCH3 is 1. The molecule has 3 aromatic carbocycles. The Balaban J connectivity index is 1.64. The number of benzene rings is 3. The van der Waals surface area contributed by atoms with E-state index in [0.29, 0.717) is 17.9 Å². The Bertz CT molecular complexity index is 1230. The highest BCUT2D eigenvalue weighted by Gasteiger charge is 2.13. The monoisotopic (exact) mass is 456 g/mol. The van der Waals surface area contributed by atoms with Gasteiger partial charge in [0.05, 0.1) is 7.11 Å². The van der Waals surface area contributed by atoms with Crippen LogP contribution in [0.5, 0.6) is 17.2 Å². The molecule has 1 amide bonds. The molecule has 0 unspecified atom stereocenters. The minimum absolute atomic E-state index is 0.0608. The van der Waals surface area contributed by atoms with Gasteiger partial charge >= 0.3 is 5.97 Å². The Morgan fingerprint density at radius 1 is 1.00 bits per heavy atom. The van der Waals surface area contributed by atoms with Crippen molar-refractivity contribution in [2.24, 2.45) is 0 Å². The lowest BCUT2D eigenvalue weighted by atomic mass is 10.1. The van der Waals surface area contributed by atoms with Gasteiger partial charge in [0.1, 0.15) is 17.4 Å². The molecule has 0 saturated heterocycles. The maximum absolute atomic E-state index is 12.4. The number of hydrogen-bond donors (Lipinski definition) is 1. The van der Waals surface area contributed by atoms with Crippen molar-refractivity contribution in [2.75, 3.05) is 13.7 Å². The predicted molar refractivity (Wildman–Crippen MR) is 127 cm³/mol. The molecule has 0 aromatic heterocycles. The van der Waals surface area contributed by atoms with Crippen molar-refractivity contribution < 1.29 is 23.8 Å². The average molecular weight is 456 g/mol. The zero-order valence-corrected chi connectivity index (χ0v) is 18.9. The number of amides is 1. The first-order valence-electron chi connectivity index (χ1n) is 10.5. The van der Waals surface area contributed by atoms with Crippen molar-refractivity contribution in [3.63, 3.8) is 0 Å². The maximum atomic E-state index is 12.4. The van der Waals surface area contributed by atoms with Crippen LogP contribution in [0, 0.1) is 18.3 Å². The van der Waals surface area contributed by atoms with E-state index in [-0.39, 0.29) is 23.7 Å². The van der Waals surface area contributed by atoms with Gasteiger partial charge in [-0.2, -0.15) is 5.26 Å². The molecular weight excluding hydrogens is 432 g/mol. The molecule has 7 heteroatoms. The topological polar surface area (TPSA) is 97.6 Å². The number of nitrogens with one attached hydrogen (secondary N) is 1. The van der Waals surface area contributed by atoms with Gasteiger partial charge in [-0.3, -0.25) is 4.79 Å². The van der Waals surface area contributed by atoms with Crippen LogP contribution in [0.2, 0.25) is 0 Å². The lowest BCUT2D eigenvalue weighted by Gasteiger charge is -2.11. The molecule has 0 saturated carbocycles. The van der Waals surface area contributed by atoms with Crippen LogP contribution in [-0.2, 0) is 16.1 Å². The Hall–Kier alpha value is -4.57. The smallest absolute Gasteiger partial charge is 0.349 e. The number of rotatable bonds is 9. The third kappa shape index (κ3) is 6.97. The van der Waals surface area contributed by atoms with Gasteiger partial charge in [-0.1, -0.05) is 48.5 Å². The van der Waals surface area contributed by atoms with Gasteiger partial charge in [0, 0.05) is 6.54 Å². The first-order chi connectivity index (χ1) is 16.5. The predicted octanol–water partition coefficient (Wildman–Crippen LogP) is 4.21. The van der Waals surface area contributed by atoms with Crippen molar-refractivity contribution in [3.8, 4) is 23.3 Å². The van der Waals surface area contributed by atoms with E-state index >= 15 is 0 Å². The number of aryl methyl sites for hydroxylation is 1. The first-order valence-corrected chi connectivity index (χ1v) is 10.5. The van der Waals surface area contributed by atoms with Crippen molar-refractivity contribution >= 4 is 18.0 Å². The fourth-order valence-electron chi connectivity index (χ4n) is 3.05. The number of carbonyl (C=O) groups is 2.